The van der Waals surface area contributed by atoms with Gasteiger partial charge in [0, 0.05) is 18.8 Å². The van der Waals surface area contributed by atoms with Gasteiger partial charge in [0.15, 0.2) is 0 Å². The van der Waals surface area contributed by atoms with Crippen LogP contribution in [0, 0.1) is 5.82 Å². The second-order valence-electron chi connectivity index (χ2n) is 6.09. The lowest BCUT2D eigenvalue weighted by atomic mass is 10.1. The molecule has 0 bridgehead atoms. The Morgan fingerprint density at radius 1 is 1.00 bits per heavy atom. The number of rotatable bonds is 8. The van der Waals surface area contributed by atoms with Gasteiger partial charge in [-0.05, 0) is 36.2 Å². The van der Waals surface area contributed by atoms with Crippen LogP contribution in [0.5, 0.6) is 0 Å². The van der Waals surface area contributed by atoms with Crippen LogP contribution in [-0.4, -0.2) is 47.2 Å². The first-order valence-corrected chi connectivity index (χ1v) is 9.76. The number of amides is 3. The van der Waals surface area contributed by atoms with Crippen molar-refractivity contribution in [3.8, 4) is 0 Å². The molecule has 0 saturated carbocycles. The smallest absolute Gasteiger partial charge is 0.261 e. The molecule has 0 spiro atoms. The number of nitrogens with one attached hydrogen (secondary N) is 1. The quantitative estimate of drug-likeness (QED) is 0.559. The molecule has 3 rings (SSSR count). The van der Waals surface area contributed by atoms with Crippen LogP contribution in [0.4, 0.5) is 4.39 Å². The third-order valence-electron chi connectivity index (χ3n) is 4.22. The van der Waals surface area contributed by atoms with Crippen molar-refractivity contribution in [2.45, 2.75) is 6.42 Å². The Morgan fingerprint density at radius 2 is 1.63 bits per heavy atom. The SMILES string of the molecule is O=C(CSCCN1C(=O)c2ccccc2C1=O)NCCc1ccc(F)cc1. The second kappa shape index (κ2) is 8.81. The van der Waals surface area contributed by atoms with E-state index in [0.717, 1.165) is 5.56 Å². The molecule has 27 heavy (non-hydrogen) atoms. The summed E-state index contributed by atoms with van der Waals surface area (Å²) < 4.78 is 12.8. The Bertz CT molecular complexity index is 820. The number of benzene rings is 2. The van der Waals surface area contributed by atoms with Crippen molar-refractivity contribution in [3.05, 3.63) is 71.0 Å². The minimum absolute atomic E-state index is 0.107. The molecule has 2 aromatic carbocycles. The molecule has 1 heterocycles. The molecule has 0 fully saturated rings. The Kier molecular flexibility index (Phi) is 6.24. The molecule has 0 radical (unpaired) electrons. The molecule has 1 N–H and O–H groups in total. The minimum atomic E-state index is -0.280. The fraction of sp³-hybridized carbons (Fsp3) is 0.250. The Balaban J connectivity index is 1.34. The maximum atomic E-state index is 12.8. The lowest BCUT2D eigenvalue weighted by molar-refractivity contribution is -0.118. The number of hydrogen-bond acceptors (Lipinski definition) is 4. The van der Waals surface area contributed by atoms with Crippen LogP contribution < -0.4 is 5.32 Å². The van der Waals surface area contributed by atoms with E-state index in [9.17, 15) is 18.8 Å². The molecule has 0 saturated heterocycles. The molecule has 1 aliphatic heterocycles. The topological polar surface area (TPSA) is 66.5 Å². The maximum absolute atomic E-state index is 12.8. The van der Waals surface area contributed by atoms with E-state index in [-0.39, 0.29) is 35.8 Å². The van der Waals surface area contributed by atoms with Gasteiger partial charge < -0.3 is 5.32 Å². The van der Waals surface area contributed by atoms with E-state index in [1.165, 1.54) is 28.8 Å². The predicted molar refractivity (Wildman–Crippen MR) is 102 cm³/mol. The van der Waals surface area contributed by atoms with Crippen LogP contribution in [-0.2, 0) is 11.2 Å². The second-order valence-corrected chi connectivity index (χ2v) is 7.19. The summed E-state index contributed by atoms with van der Waals surface area (Å²) in [5, 5.41) is 2.80. The molecule has 140 valence electrons. The monoisotopic (exact) mass is 386 g/mol. The van der Waals surface area contributed by atoms with Gasteiger partial charge in [-0.2, -0.15) is 11.8 Å². The Morgan fingerprint density at radius 3 is 2.26 bits per heavy atom. The first-order valence-electron chi connectivity index (χ1n) is 8.60. The highest BCUT2D eigenvalue weighted by molar-refractivity contribution is 7.99. The maximum Gasteiger partial charge on any atom is 0.261 e. The molecule has 7 heteroatoms. The molecule has 1 aliphatic rings. The Labute approximate surface area is 160 Å². The Hall–Kier alpha value is -2.67. The zero-order chi connectivity index (χ0) is 19.2. The van der Waals surface area contributed by atoms with E-state index < -0.39 is 0 Å². The van der Waals surface area contributed by atoms with Gasteiger partial charge in [0.05, 0.1) is 16.9 Å². The molecule has 0 aromatic heterocycles. The van der Waals surface area contributed by atoms with Gasteiger partial charge in [0.2, 0.25) is 5.91 Å². The van der Waals surface area contributed by atoms with Gasteiger partial charge >= 0.3 is 0 Å². The summed E-state index contributed by atoms with van der Waals surface area (Å²) in [5.41, 5.74) is 1.83. The van der Waals surface area contributed by atoms with Crippen molar-refractivity contribution in [1.82, 2.24) is 10.2 Å². The van der Waals surface area contributed by atoms with Crippen molar-refractivity contribution in [2.24, 2.45) is 0 Å². The largest absolute Gasteiger partial charge is 0.355 e. The van der Waals surface area contributed by atoms with Crippen LogP contribution in [0.2, 0.25) is 0 Å². The van der Waals surface area contributed by atoms with Crippen molar-refractivity contribution in [3.63, 3.8) is 0 Å². The number of carbonyl (C=O) groups excluding carboxylic acids is 3. The molecule has 3 amide bonds. The molecule has 0 aliphatic carbocycles. The summed E-state index contributed by atoms with van der Waals surface area (Å²) in [6, 6.07) is 12.9. The number of carbonyl (C=O) groups is 3. The number of nitrogens with zero attached hydrogens (tertiary/aromatic N) is 1. The van der Waals surface area contributed by atoms with Crippen molar-refractivity contribution < 1.29 is 18.8 Å². The summed E-state index contributed by atoms with van der Waals surface area (Å²) in [4.78, 5) is 37.5. The number of imide groups is 1. The van der Waals surface area contributed by atoms with E-state index in [2.05, 4.69) is 5.32 Å². The highest BCUT2D eigenvalue weighted by Crippen LogP contribution is 2.22. The van der Waals surface area contributed by atoms with E-state index in [1.54, 1.807) is 36.4 Å². The zero-order valence-corrected chi connectivity index (χ0v) is 15.4. The lowest BCUT2D eigenvalue weighted by Gasteiger charge is -2.13. The highest BCUT2D eigenvalue weighted by atomic mass is 32.2. The standard InChI is InChI=1S/C20H19FN2O3S/c21-15-7-5-14(6-8-15)9-10-22-18(24)13-27-12-11-23-19(25)16-3-1-2-4-17(16)20(23)26/h1-8H,9-13H2,(H,22,24). The zero-order valence-electron chi connectivity index (χ0n) is 14.6. The predicted octanol–water partition coefficient (Wildman–Crippen LogP) is 2.51. The van der Waals surface area contributed by atoms with Crippen LogP contribution in [0.25, 0.3) is 0 Å². The van der Waals surface area contributed by atoms with Gasteiger partial charge in [-0.1, -0.05) is 24.3 Å². The average molecular weight is 386 g/mol. The summed E-state index contributed by atoms with van der Waals surface area (Å²) in [6.45, 7) is 0.753. The fourth-order valence-corrected chi connectivity index (χ4v) is 3.55. The van der Waals surface area contributed by atoms with Gasteiger partial charge in [0.1, 0.15) is 5.82 Å². The van der Waals surface area contributed by atoms with Gasteiger partial charge in [0.25, 0.3) is 11.8 Å². The number of halogens is 1. The average Bonchev–Trinajstić information content (AvgIpc) is 2.92. The first kappa shape index (κ1) is 19.1. The number of hydrogen-bond donors (Lipinski definition) is 1. The van der Waals surface area contributed by atoms with E-state index >= 15 is 0 Å². The first-order chi connectivity index (χ1) is 13.1. The molecule has 2 aromatic rings. The van der Waals surface area contributed by atoms with Crippen LogP contribution in [0.1, 0.15) is 26.3 Å². The summed E-state index contributed by atoms with van der Waals surface area (Å²) >= 11 is 1.37. The summed E-state index contributed by atoms with van der Waals surface area (Å²) in [5.74, 6) is -0.190. The van der Waals surface area contributed by atoms with E-state index in [4.69, 9.17) is 0 Å². The molecule has 0 unspecified atom stereocenters. The lowest BCUT2D eigenvalue weighted by Crippen LogP contribution is -2.32. The molecule has 5 nitrogen and oxygen atoms in total. The fourth-order valence-electron chi connectivity index (χ4n) is 2.81. The van der Waals surface area contributed by atoms with E-state index in [1.807, 2.05) is 0 Å². The van der Waals surface area contributed by atoms with Crippen LogP contribution in [0.15, 0.2) is 48.5 Å². The molecular weight excluding hydrogens is 367 g/mol. The molecular formula is C20H19FN2O3S. The van der Waals surface area contributed by atoms with Crippen molar-refractivity contribution >= 4 is 29.5 Å². The van der Waals surface area contributed by atoms with Gasteiger partial charge in [-0.3, -0.25) is 19.3 Å². The third kappa shape index (κ3) is 4.74. The summed E-state index contributed by atoms with van der Waals surface area (Å²) in [7, 11) is 0. The number of fused-ring (bicyclic) bond motifs is 1. The highest BCUT2D eigenvalue weighted by Gasteiger charge is 2.34. The minimum Gasteiger partial charge on any atom is -0.355 e. The van der Waals surface area contributed by atoms with Gasteiger partial charge in [-0.15, -0.1) is 0 Å². The normalized spacial score (nSPS) is 13.0. The summed E-state index contributed by atoms with van der Waals surface area (Å²) in [6.07, 6.45) is 0.631. The van der Waals surface area contributed by atoms with Crippen LogP contribution >= 0.6 is 11.8 Å². The number of thioether (sulfide) groups is 1. The van der Waals surface area contributed by atoms with E-state index in [0.29, 0.717) is 29.8 Å². The van der Waals surface area contributed by atoms with Crippen LogP contribution in [0.3, 0.4) is 0 Å². The van der Waals surface area contributed by atoms with Crippen molar-refractivity contribution in [2.75, 3.05) is 24.6 Å². The van der Waals surface area contributed by atoms with Crippen molar-refractivity contribution in [1.29, 1.82) is 0 Å². The van der Waals surface area contributed by atoms with Gasteiger partial charge in [-0.25, -0.2) is 4.39 Å². The molecule has 0 atom stereocenters. The third-order valence-corrected chi connectivity index (χ3v) is 5.16.